The van der Waals surface area contributed by atoms with Crippen molar-refractivity contribution in [3.05, 3.63) is 53.1 Å². The molecule has 0 radical (unpaired) electrons. The number of hydrogen-bond donors (Lipinski definition) is 1. The zero-order chi connectivity index (χ0) is 13.7. The number of benzene rings is 2. The SMILES string of the molecule is Nc1cc2c3c(c1)Oc1ccccc1C(=O)C3CCC2. The summed E-state index contributed by atoms with van der Waals surface area (Å²) >= 11 is 0. The predicted octanol–water partition coefficient (Wildman–Crippen LogP) is 3.68. The van der Waals surface area contributed by atoms with Gasteiger partial charge in [-0.05, 0) is 43.0 Å². The lowest BCUT2D eigenvalue weighted by Crippen LogP contribution is -2.18. The van der Waals surface area contributed by atoms with Crippen LogP contribution in [0.3, 0.4) is 0 Å². The first kappa shape index (κ1) is 11.5. The highest BCUT2D eigenvalue weighted by atomic mass is 16.5. The number of carbonyl (C=O) groups excluding carboxylic acids is 1. The maximum Gasteiger partial charge on any atom is 0.174 e. The van der Waals surface area contributed by atoms with Crippen LogP contribution in [0.15, 0.2) is 36.4 Å². The second kappa shape index (κ2) is 4.10. The van der Waals surface area contributed by atoms with Crippen LogP contribution in [0.5, 0.6) is 11.5 Å². The number of fused-ring (bicyclic) bond motifs is 1. The van der Waals surface area contributed by atoms with E-state index in [2.05, 4.69) is 0 Å². The highest BCUT2D eigenvalue weighted by molar-refractivity contribution is 6.04. The van der Waals surface area contributed by atoms with Crippen LogP contribution in [0.25, 0.3) is 0 Å². The maximum absolute atomic E-state index is 12.8. The minimum atomic E-state index is -0.0852. The number of ether oxygens (including phenoxy) is 1. The minimum absolute atomic E-state index is 0.0852. The van der Waals surface area contributed by atoms with E-state index >= 15 is 0 Å². The van der Waals surface area contributed by atoms with Crippen molar-refractivity contribution in [3.8, 4) is 11.5 Å². The van der Waals surface area contributed by atoms with Crippen LogP contribution < -0.4 is 10.5 Å². The lowest BCUT2D eigenvalue weighted by atomic mass is 9.78. The van der Waals surface area contributed by atoms with Gasteiger partial charge >= 0.3 is 0 Å². The number of anilines is 1. The van der Waals surface area contributed by atoms with Crippen LogP contribution in [-0.4, -0.2) is 5.78 Å². The second-order valence-electron chi connectivity index (χ2n) is 5.50. The molecular weight excluding hydrogens is 250 g/mol. The molecule has 3 heteroatoms. The summed E-state index contributed by atoms with van der Waals surface area (Å²) in [5.74, 6) is 1.48. The third-order valence-electron chi connectivity index (χ3n) is 4.23. The van der Waals surface area contributed by atoms with Crippen LogP contribution in [0.1, 0.15) is 40.2 Å². The number of nitrogens with two attached hydrogens (primary N) is 1. The van der Waals surface area contributed by atoms with Crippen LogP contribution in [0, 0.1) is 0 Å². The quantitative estimate of drug-likeness (QED) is 0.739. The molecule has 0 amide bonds. The van der Waals surface area contributed by atoms with Gasteiger partial charge in [-0.2, -0.15) is 0 Å². The molecular formula is C17H15NO2. The summed E-state index contributed by atoms with van der Waals surface area (Å²) in [7, 11) is 0. The van der Waals surface area contributed by atoms with E-state index in [1.54, 1.807) is 0 Å². The molecule has 1 aliphatic carbocycles. The van der Waals surface area contributed by atoms with Crippen molar-refractivity contribution in [3.63, 3.8) is 0 Å². The Balaban J connectivity index is 2.01. The third kappa shape index (κ3) is 1.56. The van der Waals surface area contributed by atoms with Gasteiger partial charge in [0.15, 0.2) is 5.78 Å². The lowest BCUT2D eigenvalue weighted by molar-refractivity contribution is 0.0952. The van der Waals surface area contributed by atoms with Gasteiger partial charge in [0.1, 0.15) is 11.5 Å². The Labute approximate surface area is 117 Å². The van der Waals surface area contributed by atoms with E-state index in [0.29, 0.717) is 17.0 Å². The van der Waals surface area contributed by atoms with Gasteiger partial charge in [-0.3, -0.25) is 4.79 Å². The molecule has 1 aliphatic heterocycles. The Bertz CT molecular complexity index is 721. The Kier molecular flexibility index (Phi) is 2.36. The van der Waals surface area contributed by atoms with E-state index in [1.807, 2.05) is 36.4 Å². The third-order valence-corrected chi connectivity index (χ3v) is 4.23. The van der Waals surface area contributed by atoms with Gasteiger partial charge in [-0.1, -0.05) is 12.1 Å². The first-order valence-corrected chi connectivity index (χ1v) is 6.97. The van der Waals surface area contributed by atoms with E-state index in [4.69, 9.17) is 10.5 Å². The average molecular weight is 265 g/mol. The number of carbonyl (C=O) groups is 1. The molecule has 2 N–H and O–H groups in total. The van der Waals surface area contributed by atoms with Gasteiger partial charge < -0.3 is 10.5 Å². The fourth-order valence-electron chi connectivity index (χ4n) is 3.36. The van der Waals surface area contributed by atoms with Crippen molar-refractivity contribution < 1.29 is 9.53 Å². The number of para-hydroxylation sites is 1. The molecule has 3 nitrogen and oxygen atoms in total. The monoisotopic (exact) mass is 265 g/mol. The van der Waals surface area contributed by atoms with Crippen molar-refractivity contribution >= 4 is 11.5 Å². The van der Waals surface area contributed by atoms with Gasteiger partial charge in [0.2, 0.25) is 0 Å². The molecule has 0 bridgehead atoms. The smallest absolute Gasteiger partial charge is 0.174 e. The molecule has 1 heterocycles. The zero-order valence-electron chi connectivity index (χ0n) is 11.1. The van der Waals surface area contributed by atoms with Gasteiger partial charge in [0.05, 0.1) is 11.5 Å². The molecule has 0 saturated heterocycles. The molecule has 1 atom stereocenters. The van der Waals surface area contributed by atoms with Gasteiger partial charge in [0, 0.05) is 17.3 Å². The number of hydrogen-bond acceptors (Lipinski definition) is 3. The topological polar surface area (TPSA) is 52.3 Å². The first-order chi connectivity index (χ1) is 9.74. The van der Waals surface area contributed by atoms with Crippen molar-refractivity contribution in [2.24, 2.45) is 0 Å². The molecule has 0 aromatic heterocycles. The van der Waals surface area contributed by atoms with Gasteiger partial charge in [-0.25, -0.2) is 0 Å². The Morgan fingerprint density at radius 1 is 1.15 bits per heavy atom. The summed E-state index contributed by atoms with van der Waals surface area (Å²) < 4.78 is 6.00. The Morgan fingerprint density at radius 3 is 2.90 bits per heavy atom. The van der Waals surface area contributed by atoms with E-state index in [-0.39, 0.29) is 11.7 Å². The van der Waals surface area contributed by atoms with E-state index in [9.17, 15) is 4.79 Å². The molecule has 1 unspecified atom stereocenters. The summed E-state index contributed by atoms with van der Waals surface area (Å²) in [4.78, 5) is 12.8. The fourth-order valence-corrected chi connectivity index (χ4v) is 3.36. The van der Waals surface area contributed by atoms with Crippen molar-refractivity contribution in [2.45, 2.75) is 25.2 Å². The van der Waals surface area contributed by atoms with Crippen LogP contribution in [0.2, 0.25) is 0 Å². The van der Waals surface area contributed by atoms with Crippen LogP contribution in [0.4, 0.5) is 5.69 Å². The summed E-state index contributed by atoms with van der Waals surface area (Å²) in [6.45, 7) is 0. The van der Waals surface area contributed by atoms with Crippen molar-refractivity contribution in [1.82, 2.24) is 0 Å². The lowest BCUT2D eigenvalue weighted by Gasteiger charge is -2.24. The molecule has 100 valence electrons. The van der Waals surface area contributed by atoms with Crippen molar-refractivity contribution in [2.75, 3.05) is 5.73 Å². The summed E-state index contributed by atoms with van der Waals surface area (Å²) in [6, 6.07) is 11.3. The Morgan fingerprint density at radius 2 is 2.00 bits per heavy atom. The Hall–Kier alpha value is -2.29. The standard InChI is InChI=1S/C17H15NO2/c18-11-8-10-4-3-6-13-16(10)15(9-11)20-14-7-2-1-5-12(14)17(13)19/h1-2,5,7-9,13H,3-4,6,18H2. The number of aryl methyl sites for hydroxylation is 1. The summed E-state index contributed by atoms with van der Waals surface area (Å²) in [6.07, 6.45) is 2.88. The molecule has 20 heavy (non-hydrogen) atoms. The molecule has 0 saturated carbocycles. The zero-order valence-corrected chi connectivity index (χ0v) is 11.1. The number of ketones is 1. The minimum Gasteiger partial charge on any atom is -0.456 e. The number of nitrogen functional groups attached to an aromatic ring is 1. The highest BCUT2D eigenvalue weighted by Crippen LogP contribution is 2.46. The molecule has 0 fully saturated rings. The van der Waals surface area contributed by atoms with E-state index < -0.39 is 0 Å². The van der Waals surface area contributed by atoms with Crippen molar-refractivity contribution in [1.29, 1.82) is 0 Å². The molecule has 0 spiro atoms. The molecule has 2 aromatic rings. The number of Topliss-reactive ketones (excluding diaryl/α,β-unsaturated/α-hetero) is 1. The summed E-state index contributed by atoms with van der Waals surface area (Å²) in [5, 5.41) is 0. The average Bonchev–Trinajstić information content (AvgIpc) is 2.57. The molecule has 2 aliphatic rings. The van der Waals surface area contributed by atoms with Crippen LogP contribution in [-0.2, 0) is 6.42 Å². The highest BCUT2D eigenvalue weighted by Gasteiger charge is 2.34. The molecule has 2 aromatic carbocycles. The predicted molar refractivity (Wildman–Crippen MR) is 77.4 cm³/mol. The largest absolute Gasteiger partial charge is 0.456 e. The normalized spacial score (nSPS) is 19.6. The van der Waals surface area contributed by atoms with Crippen LogP contribution >= 0.6 is 0 Å². The van der Waals surface area contributed by atoms with Gasteiger partial charge in [0.25, 0.3) is 0 Å². The second-order valence-corrected chi connectivity index (χ2v) is 5.50. The van der Waals surface area contributed by atoms with Gasteiger partial charge in [-0.15, -0.1) is 0 Å². The fraction of sp³-hybridized carbons (Fsp3) is 0.235. The first-order valence-electron chi connectivity index (χ1n) is 6.97. The van der Waals surface area contributed by atoms with E-state index in [1.165, 1.54) is 0 Å². The summed E-state index contributed by atoms with van der Waals surface area (Å²) in [5.41, 5.74) is 9.56. The van der Waals surface area contributed by atoms with E-state index in [0.717, 1.165) is 36.1 Å². The molecule has 4 rings (SSSR count). The maximum atomic E-state index is 12.8. The number of rotatable bonds is 0.